The van der Waals surface area contributed by atoms with Crippen LogP contribution in [-0.4, -0.2) is 49.2 Å². The molecular weight excluding hydrogens is 368 g/mol. The van der Waals surface area contributed by atoms with Gasteiger partial charge in [-0.1, -0.05) is 18.2 Å². The van der Waals surface area contributed by atoms with E-state index < -0.39 is 17.7 Å². The molecule has 0 bridgehead atoms. The molecule has 2 rings (SSSR count). The molecule has 0 amide bonds. The minimum atomic E-state index is -0.508. The Bertz CT molecular complexity index is 586. The van der Waals surface area contributed by atoms with Gasteiger partial charge in [-0.05, 0) is 52.0 Å². The van der Waals surface area contributed by atoms with Crippen molar-refractivity contribution in [1.82, 2.24) is 0 Å². The van der Waals surface area contributed by atoms with E-state index in [1.165, 1.54) is 0 Å². The SMILES string of the molecule is CC#CCCC=C(C)C(O)CC=CCCCC1(CCC2(C)OCCO2)OCCO1. The van der Waals surface area contributed by atoms with Crippen LogP contribution < -0.4 is 0 Å². The third kappa shape index (κ3) is 8.62. The number of rotatable bonds is 12. The maximum Gasteiger partial charge on any atom is 0.168 e. The summed E-state index contributed by atoms with van der Waals surface area (Å²) < 4.78 is 23.3. The fourth-order valence-corrected chi connectivity index (χ4v) is 3.68. The summed E-state index contributed by atoms with van der Waals surface area (Å²) in [6.45, 7) is 8.43. The van der Waals surface area contributed by atoms with Gasteiger partial charge in [0.2, 0.25) is 0 Å². The highest BCUT2D eigenvalue weighted by molar-refractivity contribution is 5.08. The van der Waals surface area contributed by atoms with Gasteiger partial charge >= 0.3 is 0 Å². The molecule has 2 heterocycles. The molecule has 0 aliphatic carbocycles. The van der Waals surface area contributed by atoms with Crippen LogP contribution in [0.15, 0.2) is 23.8 Å². The first-order chi connectivity index (χ1) is 14.0. The number of allylic oxidation sites excluding steroid dienone is 2. The number of ether oxygens (including phenoxy) is 4. The highest BCUT2D eigenvalue weighted by atomic mass is 16.7. The van der Waals surface area contributed by atoms with Crippen molar-refractivity contribution >= 4 is 0 Å². The molecule has 2 saturated heterocycles. The Morgan fingerprint density at radius 2 is 1.69 bits per heavy atom. The summed E-state index contributed by atoms with van der Waals surface area (Å²) in [4.78, 5) is 0. The number of hydrogen-bond acceptors (Lipinski definition) is 5. The smallest absolute Gasteiger partial charge is 0.168 e. The largest absolute Gasteiger partial charge is 0.388 e. The fourth-order valence-electron chi connectivity index (χ4n) is 3.68. The van der Waals surface area contributed by atoms with Crippen LogP contribution in [0.25, 0.3) is 0 Å². The second-order valence-electron chi connectivity index (χ2n) is 7.97. The van der Waals surface area contributed by atoms with Crippen LogP contribution in [0, 0.1) is 11.8 Å². The first kappa shape index (κ1) is 24.1. The average molecular weight is 407 g/mol. The molecule has 5 heteroatoms. The summed E-state index contributed by atoms with van der Waals surface area (Å²) in [5.41, 5.74) is 1.02. The molecule has 1 N–H and O–H groups in total. The lowest BCUT2D eigenvalue weighted by Crippen LogP contribution is -2.35. The van der Waals surface area contributed by atoms with E-state index in [9.17, 15) is 5.11 Å². The maximum absolute atomic E-state index is 10.2. The summed E-state index contributed by atoms with van der Waals surface area (Å²) in [5.74, 6) is 4.91. The Kier molecular flexibility index (Phi) is 10.4. The molecule has 2 aliphatic rings. The predicted molar refractivity (Wildman–Crippen MR) is 114 cm³/mol. The standard InChI is InChI=1S/C24H38O5/c1-4-5-6-9-12-21(2)22(25)13-10-7-8-11-14-24(28-19-20-29-24)16-15-23(3)26-17-18-27-23/h7,10,12,22,25H,6,8-9,11,13-20H2,1-3H3. The molecule has 2 fully saturated rings. The van der Waals surface area contributed by atoms with Gasteiger partial charge in [0.25, 0.3) is 0 Å². The van der Waals surface area contributed by atoms with Crippen LogP contribution in [0.4, 0.5) is 0 Å². The Hall–Kier alpha value is -1.16. The highest BCUT2D eigenvalue weighted by Gasteiger charge is 2.40. The molecule has 0 aromatic rings. The van der Waals surface area contributed by atoms with Gasteiger partial charge in [0, 0.05) is 25.7 Å². The van der Waals surface area contributed by atoms with Gasteiger partial charge in [-0.15, -0.1) is 11.8 Å². The lowest BCUT2D eigenvalue weighted by Gasteiger charge is -2.31. The molecule has 0 radical (unpaired) electrons. The molecule has 29 heavy (non-hydrogen) atoms. The van der Waals surface area contributed by atoms with Gasteiger partial charge in [-0.25, -0.2) is 0 Å². The quantitative estimate of drug-likeness (QED) is 0.294. The molecule has 164 valence electrons. The van der Waals surface area contributed by atoms with Crippen molar-refractivity contribution in [2.45, 2.75) is 89.8 Å². The van der Waals surface area contributed by atoms with Crippen molar-refractivity contribution in [2.24, 2.45) is 0 Å². The van der Waals surface area contributed by atoms with E-state index >= 15 is 0 Å². The average Bonchev–Trinajstić information content (AvgIpc) is 3.36. The first-order valence-electron chi connectivity index (χ1n) is 10.9. The summed E-state index contributed by atoms with van der Waals surface area (Å²) in [5, 5.41) is 10.2. The molecule has 5 nitrogen and oxygen atoms in total. The van der Waals surface area contributed by atoms with Gasteiger partial charge in [-0.3, -0.25) is 0 Å². The van der Waals surface area contributed by atoms with Crippen LogP contribution in [0.3, 0.4) is 0 Å². The maximum atomic E-state index is 10.2. The van der Waals surface area contributed by atoms with E-state index in [0.717, 1.165) is 50.5 Å². The number of unbranched alkanes of at least 4 members (excludes halogenated alkanes) is 2. The van der Waals surface area contributed by atoms with Gasteiger partial charge < -0.3 is 24.1 Å². The Balaban J connectivity index is 1.66. The first-order valence-corrected chi connectivity index (χ1v) is 10.9. The number of aliphatic hydroxyl groups excluding tert-OH is 1. The van der Waals surface area contributed by atoms with Crippen LogP contribution in [0.1, 0.15) is 72.1 Å². The third-order valence-corrected chi connectivity index (χ3v) is 5.56. The summed E-state index contributed by atoms with van der Waals surface area (Å²) >= 11 is 0. The van der Waals surface area contributed by atoms with Crippen LogP contribution >= 0.6 is 0 Å². The number of hydrogen-bond donors (Lipinski definition) is 1. The fraction of sp³-hybridized carbons (Fsp3) is 0.750. The van der Waals surface area contributed by atoms with Crippen molar-refractivity contribution in [3.63, 3.8) is 0 Å². The molecule has 0 spiro atoms. The lowest BCUT2D eigenvalue weighted by molar-refractivity contribution is -0.200. The Morgan fingerprint density at radius 3 is 2.38 bits per heavy atom. The zero-order valence-corrected chi connectivity index (χ0v) is 18.4. The van der Waals surface area contributed by atoms with Gasteiger partial charge in [-0.2, -0.15) is 0 Å². The molecule has 1 atom stereocenters. The van der Waals surface area contributed by atoms with E-state index in [4.69, 9.17) is 18.9 Å². The summed E-state index contributed by atoms with van der Waals surface area (Å²) in [7, 11) is 0. The van der Waals surface area contributed by atoms with Crippen LogP contribution in [-0.2, 0) is 18.9 Å². The van der Waals surface area contributed by atoms with Crippen molar-refractivity contribution < 1.29 is 24.1 Å². The van der Waals surface area contributed by atoms with E-state index in [2.05, 4.69) is 30.1 Å². The Morgan fingerprint density at radius 1 is 1.00 bits per heavy atom. The molecule has 0 aromatic heterocycles. The summed E-state index contributed by atoms with van der Waals surface area (Å²) in [6.07, 6.45) is 12.6. The van der Waals surface area contributed by atoms with Crippen molar-refractivity contribution in [1.29, 1.82) is 0 Å². The topological polar surface area (TPSA) is 57.2 Å². The molecule has 0 saturated carbocycles. The van der Waals surface area contributed by atoms with Gasteiger partial charge in [0.05, 0.1) is 32.5 Å². The Labute approximate surface area is 176 Å². The van der Waals surface area contributed by atoms with Gasteiger partial charge in [0.1, 0.15) is 0 Å². The van der Waals surface area contributed by atoms with Crippen LogP contribution in [0.2, 0.25) is 0 Å². The highest BCUT2D eigenvalue weighted by Crippen LogP contribution is 2.35. The minimum Gasteiger partial charge on any atom is -0.388 e. The molecule has 1 unspecified atom stereocenters. The zero-order valence-electron chi connectivity index (χ0n) is 18.4. The van der Waals surface area contributed by atoms with Crippen LogP contribution in [0.5, 0.6) is 0 Å². The molecule has 0 aromatic carbocycles. The minimum absolute atomic E-state index is 0.416. The van der Waals surface area contributed by atoms with E-state index in [1.807, 2.05) is 20.8 Å². The van der Waals surface area contributed by atoms with E-state index in [-0.39, 0.29) is 0 Å². The van der Waals surface area contributed by atoms with Crippen molar-refractivity contribution in [2.75, 3.05) is 26.4 Å². The molecular formula is C24H38O5. The zero-order chi connectivity index (χ0) is 21.0. The monoisotopic (exact) mass is 406 g/mol. The van der Waals surface area contributed by atoms with E-state index in [1.54, 1.807) is 0 Å². The van der Waals surface area contributed by atoms with Crippen molar-refractivity contribution in [3.8, 4) is 11.8 Å². The lowest BCUT2D eigenvalue weighted by atomic mass is 9.99. The van der Waals surface area contributed by atoms with E-state index in [0.29, 0.717) is 32.8 Å². The third-order valence-electron chi connectivity index (χ3n) is 5.56. The second-order valence-corrected chi connectivity index (χ2v) is 7.97. The second kappa shape index (κ2) is 12.5. The molecule has 2 aliphatic heterocycles. The predicted octanol–water partition coefficient (Wildman–Crippen LogP) is 4.50. The normalized spacial score (nSPS) is 22.0. The van der Waals surface area contributed by atoms with Crippen molar-refractivity contribution in [3.05, 3.63) is 23.8 Å². The summed E-state index contributed by atoms with van der Waals surface area (Å²) in [6, 6.07) is 0. The number of aliphatic hydroxyl groups is 1. The van der Waals surface area contributed by atoms with Gasteiger partial charge in [0.15, 0.2) is 11.6 Å².